The van der Waals surface area contributed by atoms with Crippen molar-refractivity contribution in [3.05, 3.63) is 40.5 Å². The molecule has 0 unspecified atom stereocenters. The summed E-state index contributed by atoms with van der Waals surface area (Å²) in [4.78, 5) is 25.8. The van der Waals surface area contributed by atoms with Crippen molar-refractivity contribution in [2.24, 2.45) is 0 Å². The molecule has 4 rings (SSSR count). The van der Waals surface area contributed by atoms with Crippen LogP contribution in [-0.2, 0) is 6.42 Å². The van der Waals surface area contributed by atoms with E-state index in [4.69, 9.17) is 9.47 Å². The third kappa shape index (κ3) is 4.44. The molecule has 8 heteroatoms. The third-order valence-electron chi connectivity index (χ3n) is 5.72. The van der Waals surface area contributed by atoms with Gasteiger partial charge in [-0.2, -0.15) is 0 Å². The SMILES string of the molecule is COc1ccc(CCNC(=O)c2sc3ncnc(N4CCCCC4)c3c2C)cc1OC. The van der Waals surface area contributed by atoms with E-state index in [2.05, 4.69) is 20.2 Å². The largest absolute Gasteiger partial charge is 0.493 e. The Balaban J connectivity index is 1.47. The molecule has 164 valence electrons. The molecule has 1 aliphatic heterocycles. The zero-order valence-electron chi connectivity index (χ0n) is 18.2. The number of hydrogen-bond donors (Lipinski definition) is 1. The minimum Gasteiger partial charge on any atom is -0.493 e. The van der Waals surface area contributed by atoms with Crippen LogP contribution in [0.4, 0.5) is 5.82 Å². The molecule has 31 heavy (non-hydrogen) atoms. The number of methoxy groups -OCH3 is 2. The van der Waals surface area contributed by atoms with Gasteiger partial charge in [-0.1, -0.05) is 6.07 Å². The number of aromatic nitrogens is 2. The van der Waals surface area contributed by atoms with Gasteiger partial charge in [0.25, 0.3) is 5.91 Å². The molecule has 1 saturated heterocycles. The molecule has 1 N–H and O–H groups in total. The van der Waals surface area contributed by atoms with E-state index in [-0.39, 0.29) is 5.91 Å². The summed E-state index contributed by atoms with van der Waals surface area (Å²) in [6.07, 6.45) is 5.94. The van der Waals surface area contributed by atoms with E-state index < -0.39 is 0 Å². The maximum atomic E-state index is 12.9. The molecule has 1 fully saturated rings. The number of rotatable bonds is 7. The molecule has 0 saturated carbocycles. The van der Waals surface area contributed by atoms with E-state index in [1.165, 1.54) is 30.6 Å². The van der Waals surface area contributed by atoms with Crippen LogP contribution in [0, 0.1) is 6.92 Å². The first kappa shape index (κ1) is 21.4. The first-order valence-electron chi connectivity index (χ1n) is 10.6. The van der Waals surface area contributed by atoms with Crippen LogP contribution >= 0.6 is 11.3 Å². The smallest absolute Gasteiger partial charge is 0.261 e. The molecule has 0 aliphatic carbocycles. The van der Waals surface area contributed by atoms with Crippen LogP contribution in [0.25, 0.3) is 10.2 Å². The van der Waals surface area contributed by atoms with Gasteiger partial charge in [-0.25, -0.2) is 9.97 Å². The highest BCUT2D eigenvalue weighted by Crippen LogP contribution is 2.35. The molecule has 1 aromatic carbocycles. The summed E-state index contributed by atoms with van der Waals surface area (Å²) in [6, 6.07) is 5.81. The number of ether oxygens (including phenoxy) is 2. The first-order valence-corrected chi connectivity index (χ1v) is 11.4. The van der Waals surface area contributed by atoms with Crippen LogP contribution < -0.4 is 19.7 Å². The average Bonchev–Trinajstić information content (AvgIpc) is 3.16. The van der Waals surface area contributed by atoms with Crippen LogP contribution in [-0.4, -0.2) is 49.7 Å². The van der Waals surface area contributed by atoms with Gasteiger partial charge in [0.2, 0.25) is 0 Å². The van der Waals surface area contributed by atoms with E-state index in [1.807, 2.05) is 25.1 Å². The quantitative estimate of drug-likeness (QED) is 0.599. The maximum Gasteiger partial charge on any atom is 0.261 e. The Morgan fingerprint density at radius 3 is 2.65 bits per heavy atom. The van der Waals surface area contributed by atoms with Crippen molar-refractivity contribution in [3.63, 3.8) is 0 Å². The topological polar surface area (TPSA) is 76.6 Å². The predicted octanol–water partition coefficient (Wildman–Crippen LogP) is 3.98. The van der Waals surface area contributed by atoms with Crippen LogP contribution in [0.2, 0.25) is 0 Å². The summed E-state index contributed by atoms with van der Waals surface area (Å²) in [5, 5.41) is 4.07. The second kappa shape index (κ2) is 9.51. The zero-order chi connectivity index (χ0) is 21.8. The third-order valence-corrected chi connectivity index (χ3v) is 6.91. The molecule has 3 heterocycles. The van der Waals surface area contributed by atoms with Crippen molar-refractivity contribution in [2.75, 3.05) is 38.8 Å². The van der Waals surface area contributed by atoms with Gasteiger partial charge in [0.15, 0.2) is 11.5 Å². The van der Waals surface area contributed by atoms with Gasteiger partial charge >= 0.3 is 0 Å². The van der Waals surface area contributed by atoms with Crippen LogP contribution in [0.15, 0.2) is 24.5 Å². The van der Waals surface area contributed by atoms with E-state index in [1.54, 1.807) is 20.5 Å². The van der Waals surface area contributed by atoms with E-state index in [0.29, 0.717) is 29.3 Å². The lowest BCUT2D eigenvalue weighted by Crippen LogP contribution is -2.30. The van der Waals surface area contributed by atoms with Gasteiger partial charge in [0, 0.05) is 19.6 Å². The lowest BCUT2D eigenvalue weighted by molar-refractivity contribution is 0.0957. The Kier molecular flexibility index (Phi) is 6.56. The highest BCUT2D eigenvalue weighted by Gasteiger charge is 2.22. The number of carbonyl (C=O) groups excluding carboxylic acids is 1. The second-order valence-electron chi connectivity index (χ2n) is 7.68. The van der Waals surface area contributed by atoms with Gasteiger partial charge in [0.05, 0.1) is 24.5 Å². The molecular formula is C23H28N4O3S. The number of amides is 1. The summed E-state index contributed by atoms with van der Waals surface area (Å²) in [7, 11) is 3.24. The van der Waals surface area contributed by atoms with Crippen molar-refractivity contribution < 1.29 is 14.3 Å². The minimum atomic E-state index is -0.0643. The number of nitrogens with one attached hydrogen (secondary N) is 1. The molecular weight excluding hydrogens is 412 g/mol. The van der Waals surface area contributed by atoms with Gasteiger partial charge in [-0.15, -0.1) is 11.3 Å². The van der Waals surface area contributed by atoms with Crippen molar-refractivity contribution >= 4 is 33.3 Å². The molecule has 0 spiro atoms. The predicted molar refractivity (Wildman–Crippen MR) is 124 cm³/mol. The van der Waals surface area contributed by atoms with Crippen LogP contribution in [0.5, 0.6) is 11.5 Å². The lowest BCUT2D eigenvalue weighted by Gasteiger charge is -2.28. The molecule has 1 amide bonds. The Hall–Kier alpha value is -2.87. The Morgan fingerprint density at radius 2 is 1.90 bits per heavy atom. The zero-order valence-corrected chi connectivity index (χ0v) is 19.1. The number of hydrogen-bond acceptors (Lipinski definition) is 7. The minimum absolute atomic E-state index is 0.0643. The molecule has 2 aromatic heterocycles. The number of nitrogens with zero attached hydrogens (tertiary/aromatic N) is 3. The number of anilines is 1. The number of carbonyl (C=O) groups is 1. The Morgan fingerprint density at radius 1 is 1.13 bits per heavy atom. The van der Waals surface area contributed by atoms with Gasteiger partial charge < -0.3 is 19.7 Å². The van der Waals surface area contributed by atoms with E-state index in [9.17, 15) is 4.79 Å². The monoisotopic (exact) mass is 440 g/mol. The fourth-order valence-electron chi connectivity index (χ4n) is 4.05. The standard InChI is InChI=1S/C23H28N4O3S/c1-15-19-21(27-11-5-4-6-12-27)25-14-26-23(19)31-20(15)22(28)24-10-9-16-7-8-17(29-2)18(13-16)30-3/h7-8,13-14H,4-6,9-12H2,1-3H3,(H,24,28). The summed E-state index contributed by atoms with van der Waals surface area (Å²) in [5.41, 5.74) is 2.04. The van der Waals surface area contributed by atoms with Crippen molar-refractivity contribution in [1.29, 1.82) is 0 Å². The number of thiophene rings is 1. The number of piperidine rings is 1. The Bertz CT molecular complexity index is 1080. The highest BCUT2D eigenvalue weighted by atomic mass is 32.1. The summed E-state index contributed by atoms with van der Waals surface area (Å²) in [6.45, 7) is 4.55. The lowest BCUT2D eigenvalue weighted by atomic mass is 10.1. The summed E-state index contributed by atoms with van der Waals surface area (Å²) >= 11 is 1.44. The van der Waals surface area contributed by atoms with E-state index in [0.717, 1.165) is 40.3 Å². The fourth-order valence-corrected chi connectivity index (χ4v) is 5.11. The molecule has 3 aromatic rings. The van der Waals surface area contributed by atoms with Gasteiger partial charge in [-0.05, 0) is 55.9 Å². The van der Waals surface area contributed by atoms with Crippen molar-refractivity contribution in [1.82, 2.24) is 15.3 Å². The molecule has 0 atom stereocenters. The highest BCUT2D eigenvalue weighted by molar-refractivity contribution is 7.20. The molecule has 0 radical (unpaired) electrons. The molecule has 1 aliphatic rings. The summed E-state index contributed by atoms with van der Waals surface area (Å²) in [5.74, 6) is 2.28. The first-order chi connectivity index (χ1) is 15.1. The number of benzene rings is 1. The molecule has 0 bridgehead atoms. The number of aryl methyl sites for hydroxylation is 1. The maximum absolute atomic E-state index is 12.9. The van der Waals surface area contributed by atoms with Crippen LogP contribution in [0.1, 0.15) is 40.1 Å². The van der Waals surface area contributed by atoms with E-state index >= 15 is 0 Å². The van der Waals surface area contributed by atoms with Gasteiger partial charge in [-0.3, -0.25) is 4.79 Å². The normalized spacial score (nSPS) is 14.0. The second-order valence-corrected chi connectivity index (χ2v) is 8.68. The van der Waals surface area contributed by atoms with Gasteiger partial charge in [0.1, 0.15) is 17.0 Å². The number of fused-ring (bicyclic) bond motifs is 1. The van der Waals surface area contributed by atoms with Crippen molar-refractivity contribution in [3.8, 4) is 11.5 Å². The van der Waals surface area contributed by atoms with Crippen LogP contribution in [0.3, 0.4) is 0 Å². The average molecular weight is 441 g/mol. The summed E-state index contributed by atoms with van der Waals surface area (Å²) < 4.78 is 10.6. The fraction of sp³-hybridized carbons (Fsp3) is 0.435. The molecule has 7 nitrogen and oxygen atoms in total. The Labute approximate surface area is 186 Å². The van der Waals surface area contributed by atoms with Crippen molar-refractivity contribution in [2.45, 2.75) is 32.6 Å².